The van der Waals surface area contributed by atoms with Crippen LogP contribution < -0.4 is 5.32 Å². The molecule has 1 aliphatic rings. The van der Waals surface area contributed by atoms with E-state index in [1.54, 1.807) is 0 Å². The molecule has 0 unspecified atom stereocenters. The Morgan fingerprint density at radius 3 is 2.57 bits per heavy atom. The molecular weight excluding hydrogens is 350 g/mol. The molecule has 0 aromatic carbocycles. The predicted octanol–water partition coefficient (Wildman–Crippen LogP) is 3.77. The van der Waals surface area contributed by atoms with Crippen molar-refractivity contribution in [3.8, 4) is 0 Å². The van der Waals surface area contributed by atoms with E-state index in [4.69, 9.17) is 0 Å². The molecule has 6 nitrogen and oxygen atoms in total. The zero-order valence-corrected chi connectivity index (χ0v) is 17.5. The molecule has 0 bridgehead atoms. The molecule has 2 aromatic rings. The Balaban J connectivity index is 1.50. The number of carbonyl (C=O) groups excluding carboxylic acids is 1. The van der Waals surface area contributed by atoms with Crippen molar-refractivity contribution in [2.24, 2.45) is 11.8 Å². The van der Waals surface area contributed by atoms with Gasteiger partial charge in [-0.2, -0.15) is 5.10 Å². The van der Waals surface area contributed by atoms with Crippen LogP contribution in [0.15, 0.2) is 30.5 Å². The van der Waals surface area contributed by atoms with E-state index in [-0.39, 0.29) is 5.91 Å². The van der Waals surface area contributed by atoms with Gasteiger partial charge in [0.25, 0.3) is 5.91 Å². The van der Waals surface area contributed by atoms with Crippen LogP contribution in [0, 0.1) is 11.8 Å². The fourth-order valence-electron chi connectivity index (χ4n) is 4.26. The summed E-state index contributed by atoms with van der Waals surface area (Å²) in [4.78, 5) is 19.2. The maximum Gasteiger partial charge on any atom is 0.271 e. The summed E-state index contributed by atoms with van der Waals surface area (Å²) >= 11 is 0. The number of rotatable bonds is 7. The largest absolute Gasteiger partial charge is 0.350 e. The van der Waals surface area contributed by atoms with Crippen LogP contribution in [-0.4, -0.2) is 46.6 Å². The zero-order chi connectivity index (χ0) is 20.1. The number of nitrogens with one attached hydrogen (secondary N) is 2. The van der Waals surface area contributed by atoms with Crippen molar-refractivity contribution in [3.05, 3.63) is 47.5 Å². The minimum atomic E-state index is -0.0788. The van der Waals surface area contributed by atoms with Crippen LogP contribution >= 0.6 is 0 Å². The van der Waals surface area contributed by atoms with Crippen molar-refractivity contribution < 1.29 is 4.79 Å². The molecule has 1 fully saturated rings. The molecule has 0 spiro atoms. The van der Waals surface area contributed by atoms with Gasteiger partial charge in [-0.15, -0.1) is 0 Å². The summed E-state index contributed by atoms with van der Waals surface area (Å²) in [7, 11) is 4.28. The van der Waals surface area contributed by atoms with E-state index >= 15 is 0 Å². The lowest BCUT2D eigenvalue weighted by atomic mass is 9.77. The maximum absolute atomic E-state index is 12.4. The maximum atomic E-state index is 12.4. The molecule has 3 rings (SSSR count). The van der Waals surface area contributed by atoms with Crippen molar-refractivity contribution in [2.45, 2.75) is 51.5 Å². The zero-order valence-electron chi connectivity index (χ0n) is 17.5. The van der Waals surface area contributed by atoms with Gasteiger partial charge < -0.3 is 10.2 Å². The normalized spacial score (nSPS) is 21.1. The predicted molar refractivity (Wildman–Crippen MR) is 111 cm³/mol. The highest BCUT2D eigenvalue weighted by atomic mass is 16.1. The molecule has 152 valence electrons. The van der Waals surface area contributed by atoms with Crippen molar-refractivity contribution in [1.29, 1.82) is 0 Å². The van der Waals surface area contributed by atoms with Crippen molar-refractivity contribution in [1.82, 2.24) is 25.4 Å². The molecule has 6 heteroatoms. The molecule has 28 heavy (non-hydrogen) atoms. The number of carbonyl (C=O) groups is 1. The first kappa shape index (κ1) is 20.5. The lowest BCUT2D eigenvalue weighted by Gasteiger charge is -2.37. The van der Waals surface area contributed by atoms with E-state index in [0.717, 1.165) is 30.8 Å². The van der Waals surface area contributed by atoms with Gasteiger partial charge in [-0.3, -0.25) is 14.9 Å². The van der Waals surface area contributed by atoms with E-state index in [1.165, 1.54) is 12.8 Å². The van der Waals surface area contributed by atoms with Crippen molar-refractivity contribution >= 4 is 5.91 Å². The smallest absolute Gasteiger partial charge is 0.271 e. The Morgan fingerprint density at radius 2 is 2.00 bits per heavy atom. The second kappa shape index (κ2) is 9.32. The highest BCUT2D eigenvalue weighted by molar-refractivity contribution is 5.92. The highest BCUT2D eigenvalue weighted by Crippen LogP contribution is 2.38. The average Bonchev–Trinajstić information content (AvgIpc) is 3.18. The molecule has 0 radical (unpaired) electrons. The standard InChI is InChI=1S/C22H33N5O/c1-15(2)19-13-20(26-25-19)22(28)24-14-16-8-10-17(11-9-16)21(27(3)4)18-7-5-6-12-23-18/h5-7,12-13,15-17,21H,8-11,14H2,1-4H3,(H,24,28)(H,25,26)/t16?,17?,21-/m1/s1. The van der Waals surface area contributed by atoms with E-state index in [2.05, 4.69) is 65.5 Å². The Labute approximate surface area is 168 Å². The lowest BCUT2D eigenvalue weighted by molar-refractivity contribution is 0.0929. The first-order valence-corrected chi connectivity index (χ1v) is 10.4. The molecule has 1 aliphatic carbocycles. The van der Waals surface area contributed by atoms with Crippen LogP contribution in [0.5, 0.6) is 0 Å². The number of amides is 1. The van der Waals surface area contributed by atoms with Gasteiger partial charge in [-0.1, -0.05) is 19.9 Å². The molecule has 1 atom stereocenters. The summed E-state index contributed by atoms with van der Waals surface area (Å²) in [5.41, 5.74) is 2.64. The topological polar surface area (TPSA) is 73.9 Å². The summed E-state index contributed by atoms with van der Waals surface area (Å²) in [6.45, 7) is 4.89. The Bertz CT molecular complexity index is 747. The second-order valence-corrected chi connectivity index (χ2v) is 8.52. The molecule has 1 amide bonds. The number of hydrogen-bond acceptors (Lipinski definition) is 4. The minimum Gasteiger partial charge on any atom is -0.350 e. The van der Waals surface area contributed by atoms with Crippen LogP contribution in [0.3, 0.4) is 0 Å². The van der Waals surface area contributed by atoms with Crippen LogP contribution in [0.25, 0.3) is 0 Å². The Hall–Kier alpha value is -2.21. The Morgan fingerprint density at radius 1 is 1.25 bits per heavy atom. The Kier molecular flexibility index (Phi) is 6.83. The summed E-state index contributed by atoms with van der Waals surface area (Å²) in [5, 5.41) is 10.2. The van der Waals surface area contributed by atoms with Crippen molar-refractivity contribution in [2.75, 3.05) is 20.6 Å². The van der Waals surface area contributed by atoms with Gasteiger partial charge in [0.2, 0.25) is 0 Å². The third-order valence-electron chi connectivity index (χ3n) is 5.89. The van der Waals surface area contributed by atoms with E-state index < -0.39 is 0 Å². The number of pyridine rings is 1. The number of aromatic nitrogens is 3. The van der Waals surface area contributed by atoms with E-state index in [1.807, 2.05) is 18.3 Å². The summed E-state index contributed by atoms with van der Waals surface area (Å²) in [5.74, 6) is 1.41. The molecule has 2 heterocycles. The molecule has 2 aromatic heterocycles. The second-order valence-electron chi connectivity index (χ2n) is 8.52. The molecule has 0 aliphatic heterocycles. The van der Waals surface area contributed by atoms with Crippen LogP contribution in [-0.2, 0) is 0 Å². The summed E-state index contributed by atoms with van der Waals surface area (Å²) in [6.07, 6.45) is 6.49. The summed E-state index contributed by atoms with van der Waals surface area (Å²) < 4.78 is 0. The number of H-pyrrole nitrogens is 1. The van der Waals surface area contributed by atoms with E-state index in [9.17, 15) is 4.79 Å². The van der Waals surface area contributed by atoms with Gasteiger partial charge >= 0.3 is 0 Å². The highest BCUT2D eigenvalue weighted by Gasteiger charge is 2.30. The quantitative estimate of drug-likeness (QED) is 0.763. The number of hydrogen-bond donors (Lipinski definition) is 2. The number of aromatic amines is 1. The van der Waals surface area contributed by atoms with Crippen LogP contribution in [0.2, 0.25) is 0 Å². The third-order valence-corrected chi connectivity index (χ3v) is 5.89. The van der Waals surface area contributed by atoms with Gasteiger partial charge in [0.05, 0.1) is 11.7 Å². The monoisotopic (exact) mass is 383 g/mol. The van der Waals surface area contributed by atoms with Gasteiger partial charge in [-0.25, -0.2) is 0 Å². The van der Waals surface area contributed by atoms with Gasteiger partial charge in [-0.05, 0) is 75.7 Å². The van der Waals surface area contributed by atoms with Gasteiger partial charge in [0, 0.05) is 18.4 Å². The van der Waals surface area contributed by atoms with Crippen molar-refractivity contribution in [3.63, 3.8) is 0 Å². The first-order valence-electron chi connectivity index (χ1n) is 10.4. The van der Waals surface area contributed by atoms with Gasteiger partial charge in [0.1, 0.15) is 5.69 Å². The fourth-order valence-corrected chi connectivity index (χ4v) is 4.26. The number of nitrogens with zero attached hydrogens (tertiary/aromatic N) is 3. The molecule has 0 saturated heterocycles. The molecular formula is C22H33N5O. The summed E-state index contributed by atoms with van der Waals surface area (Å²) in [6, 6.07) is 8.38. The van der Waals surface area contributed by atoms with Crippen LogP contribution in [0.1, 0.15) is 73.4 Å². The minimum absolute atomic E-state index is 0.0788. The fraction of sp³-hybridized carbons (Fsp3) is 0.591. The lowest BCUT2D eigenvalue weighted by Crippen LogP contribution is -2.35. The van der Waals surface area contributed by atoms with Gasteiger partial charge in [0.15, 0.2) is 0 Å². The average molecular weight is 384 g/mol. The first-order chi connectivity index (χ1) is 13.5. The molecule has 2 N–H and O–H groups in total. The molecule has 1 saturated carbocycles. The van der Waals surface area contributed by atoms with Crippen LogP contribution in [0.4, 0.5) is 0 Å². The third kappa shape index (κ3) is 4.98. The van der Waals surface area contributed by atoms with E-state index in [0.29, 0.717) is 29.5 Å². The SMILES string of the molecule is CC(C)c1cc(C(=O)NCC2CCC([C@H](c3ccccn3)N(C)C)CC2)n[nH]1.